The van der Waals surface area contributed by atoms with Gasteiger partial charge >= 0.3 is 6.18 Å². The van der Waals surface area contributed by atoms with E-state index in [9.17, 15) is 22.8 Å². The molecule has 2 rings (SSSR count). The Hall–Kier alpha value is -1.78. The maximum Gasteiger partial charge on any atom is 0.418 e. The van der Waals surface area contributed by atoms with Crippen molar-refractivity contribution in [3.05, 3.63) is 29.8 Å². The lowest BCUT2D eigenvalue weighted by atomic mass is 9.95. The molecule has 0 bridgehead atoms. The van der Waals surface area contributed by atoms with Crippen LogP contribution in [-0.2, 0) is 15.8 Å². The number of hydrogen-bond donors (Lipinski definition) is 4. The quantitative estimate of drug-likeness (QED) is 0.593. The van der Waals surface area contributed by atoms with Gasteiger partial charge in [0.05, 0.1) is 22.9 Å². The Kier molecular flexibility index (Phi) is 6.90. The van der Waals surface area contributed by atoms with Crippen LogP contribution in [0.1, 0.15) is 18.9 Å². The summed E-state index contributed by atoms with van der Waals surface area (Å²) < 4.78 is 38.8. The van der Waals surface area contributed by atoms with Crippen molar-refractivity contribution in [2.45, 2.75) is 31.1 Å². The molecule has 1 fully saturated rings. The zero-order chi connectivity index (χ0) is 19.3. The number of alkyl halides is 3. The largest absolute Gasteiger partial charge is 0.418 e. The van der Waals surface area contributed by atoms with E-state index in [1.807, 2.05) is 0 Å². The number of nitrogens with one attached hydrogen (secondary N) is 3. The van der Waals surface area contributed by atoms with E-state index in [2.05, 4.69) is 16.0 Å². The number of thioether (sulfide) groups is 1. The van der Waals surface area contributed by atoms with Gasteiger partial charge in [0.1, 0.15) is 5.50 Å². The lowest BCUT2D eigenvalue weighted by molar-refractivity contribution is -0.137. The van der Waals surface area contributed by atoms with Crippen molar-refractivity contribution in [1.29, 1.82) is 0 Å². The van der Waals surface area contributed by atoms with Gasteiger partial charge in [-0.3, -0.25) is 14.9 Å². The third-order valence-corrected chi connectivity index (χ3v) is 4.97. The number of aliphatic hydroxyl groups excluding tert-OH is 1. The van der Waals surface area contributed by atoms with Crippen LogP contribution in [0.25, 0.3) is 0 Å². The Balaban J connectivity index is 1.90. The third kappa shape index (κ3) is 5.36. The van der Waals surface area contributed by atoms with E-state index >= 15 is 0 Å². The van der Waals surface area contributed by atoms with Crippen LogP contribution in [0.5, 0.6) is 0 Å². The Morgan fingerprint density at radius 2 is 2.04 bits per heavy atom. The Bertz CT molecular complexity index is 657. The van der Waals surface area contributed by atoms with E-state index < -0.39 is 23.1 Å². The van der Waals surface area contributed by atoms with Gasteiger partial charge in [0.15, 0.2) is 0 Å². The molecule has 6 nitrogen and oxygen atoms in total. The Morgan fingerprint density at radius 3 is 2.65 bits per heavy atom. The lowest BCUT2D eigenvalue weighted by Crippen LogP contribution is -2.59. The van der Waals surface area contributed by atoms with Crippen molar-refractivity contribution in [3.8, 4) is 0 Å². The number of anilines is 1. The normalized spacial score (nSPS) is 23.4. The fourth-order valence-corrected chi connectivity index (χ4v) is 3.56. The zero-order valence-corrected chi connectivity index (χ0v) is 14.8. The molecule has 10 heteroatoms. The van der Waals surface area contributed by atoms with Gasteiger partial charge in [0.25, 0.3) is 0 Å². The molecule has 3 unspecified atom stereocenters. The van der Waals surface area contributed by atoms with Gasteiger partial charge in [-0.1, -0.05) is 12.1 Å². The number of hydrogen-bond acceptors (Lipinski definition) is 5. The number of halogens is 3. The summed E-state index contributed by atoms with van der Waals surface area (Å²) in [4.78, 5) is 24.0. The van der Waals surface area contributed by atoms with E-state index in [1.54, 1.807) is 6.92 Å². The van der Waals surface area contributed by atoms with Gasteiger partial charge in [-0.25, -0.2) is 0 Å². The zero-order valence-electron chi connectivity index (χ0n) is 14.0. The SMILES string of the molecule is CC1NC(SCC(=O)Nc2ccccc2C(F)(F)F)NC(=O)C1CCO. The van der Waals surface area contributed by atoms with E-state index in [0.717, 1.165) is 17.8 Å². The van der Waals surface area contributed by atoms with Crippen LogP contribution < -0.4 is 16.0 Å². The first kappa shape index (κ1) is 20.5. The van der Waals surface area contributed by atoms with Crippen molar-refractivity contribution < 1.29 is 27.9 Å². The average molecular weight is 391 g/mol. The van der Waals surface area contributed by atoms with E-state index in [1.165, 1.54) is 18.2 Å². The number of aliphatic hydroxyl groups is 1. The smallest absolute Gasteiger partial charge is 0.396 e. The number of benzene rings is 1. The molecule has 0 spiro atoms. The topological polar surface area (TPSA) is 90.5 Å². The van der Waals surface area contributed by atoms with Gasteiger partial charge < -0.3 is 15.7 Å². The van der Waals surface area contributed by atoms with E-state index in [0.29, 0.717) is 6.42 Å². The predicted octanol–water partition coefficient (Wildman–Crippen LogP) is 1.77. The van der Waals surface area contributed by atoms with E-state index in [-0.39, 0.29) is 35.9 Å². The van der Waals surface area contributed by atoms with Gasteiger partial charge in [-0.05, 0) is 25.5 Å². The summed E-state index contributed by atoms with van der Waals surface area (Å²) in [5, 5.41) is 17.0. The molecule has 1 aromatic carbocycles. The molecule has 1 saturated heterocycles. The highest BCUT2D eigenvalue weighted by Crippen LogP contribution is 2.34. The Labute approximate surface area is 152 Å². The monoisotopic (exact) mass is 391 g/mol. The van der Waals surface area contributed by atoms with Crippen molar-refractivity contribution >= 4 is 29.3 Å². The lowest BCUT2D eigenvalue weighted by Gasteiger charge is -2.35. The highest BCUT2D eigenvalue weighted by Gasteiger charge is 2.34. The predicted molar refractivity (Wildman–Crippen MR) is 92.3 cm³/mol. The summed E-state index contributed by atoms with van der Waals surface area (Å²) in [6.07, 6.45) is -4.24. The van der Waals surface area contributed by atoms with Gasteiger partial charge in [-0.2, -0.15) is 13.2 Å². The fraction of sp³-hybridized carbons (Fsp3) is 0.500. The van der Waals surface area contributed by atoms with Crippen LogP contribution in [0.3, 0.4) is 0 Å². The molecule has 1 aliphatic heterocycles. The molecule has 3 atom stereocenters. The molecule has 2 amide bonds. The summed E-state index contributed by atoms with van der Waals surface area (Å²) >= 11 is 1.07. The van der Waals surface area contributed by atoms with Crippen LogP contribution >= 0.6 is 11.8 Å². The molecule has 1 heterocycles. The van der Waals surface area contributed by atoms with Crippen molar-refractivity contribution in [2.24, 2.45) is 5.92 Å². The number of para-hydroxylation sites is 1. The molecule has 0 saturated carbocycles. The van der Waals surface area contributed by atoms with Crippen molar-refractivity contribution in [3.63, 3.8) is 0 Å². The average Bonchev–Trinajstić information content (AvgIpc) is 2.56. The van der Waals surface area contributed by atoms with Crippen LogP contribution in [0, 0.1) is 5.92 Å². The first-order valence-corrected chi connectivity index (χ1v) is 9.02. The molecule has 0 radical (unpaired) electrons. The minimum absolute atomic E-state index is 0.108. The number of carbonyl (C=O) groups excluding carboxylic acids is 2. The third-order valence-electron chi connectivity index (χ3n) is 3.96. The minimum Gasteiger partial charge on any atom is -0.396 e. The molecular weight excluding hydrogens is 371 g/mol. The standard InChI is InChI=1S/C16H20F3N3O3S/c1-9-10(6-7-23)14(25)22-15(20-9)26-8-13(24)21-12-5-3-2-4-11(12)16(17,18)19/h2-5,9-10,15,20,23H,6-8H2,1H3,(H,21,24)(H,22,25). The molecule has 4 N–H and O–H groups in total. The van der Waals surface area contributed by atoms with Gasteiger partial charge in [-0.15, -0.1) is 11.8 Å². The summed E-state index contributed by atoms with van der Waals surface area (Å²) in [5.74, 6) is -1.34. The number of amides is 2. The molecule has 26 heavy (non-hydrogen) atoms. The van der Waals surface area contributed by atoms with Crippen LogP contribution in [0.2, 0.25) is 0 Å². The summed E-state index contributed by atoms with van der Waals surface area (Å²) in [6.45, 7) is 1.69. The number of carbonyl (C=O) groups is 2. The summed E-state index contributed by atoms with van der Waals surface area (Å²) in [6, 6.07) is 4.55. The molecule has 0 aliphatic carbocycles. The van der Waals surface area contributed by atoms with Crippen molar-refractivity contribution in [1.82, 2.24) is 10.6 Å². The first-order valence-electron chi connectivity index (χ1n) is 7.97. The molecule has 0 aromatic heterocycles. The second kappa shape index (κ2) is 8.74. The van der Waals surface area contributed by atoms with Gasteiger partial charge in [0.2, 0.25) is 11.8 Å². The summed E-state index contributed by atoms with van der Waals surface area (Å²) in [7, 11) is 0. The fourth-order valence-electron chi connectivity index (χ4n) is 2.65. The maximum absolute atomic E-state index is 12.9. The first-order chi connectivity index (χ1) is 12.2. The second-order valence-electron chi connectivity index (χ2n) is 5.87. The van der Waals surface area contributed by atoms with Crippen LogP contribution in [0.4, 0.5) is 18.9 Å². The molecule has 144 valence electrons. The molecule has 1 aromatic rings. The van der Waals surface area contributed by atoms with Gasteiger partial charge in [0, 0.05) is 12.6 Å². The van der Waals surface area contributed by atoms with Crippen LogP contribution in [0.15, 0.2) is 24.3 Å². The summed E-state index contributed by atoms with van der Waals surface area (Å²) in [5.41, 5.74) is -1.75. The highest BCUT2D eigenvalue weighted by molar-refractivity contribution is 8.00. The second-order valence-corrected chi connectivity index (χ2v) is 6.96. The number of rotatable bonds is 6. The molecular formula is C16H20F3N3O3S. The maximum atomic E-state index is 12.9. The molecule has 1 aliphatic rings. The Morgan fingerprint density at radius 1 is 1.35 bits per heavy atom. The highest BCUT2D eigenvalue weighted by atomic mass is 32.2. The van der Waals surface area contributed by atoms with Crippen molar-refractivity contribution in [2.75, 3.05) is 17.7 Å². The van der Waals surface area contributed by atoms with Crippen LogP contribution in [-0.4, -0.2) is 40.8 Å². The van der Waals surface area contributed by atoms with E-state index in [4.69, 9.17) is 5.11 Å². The minimum atomic E-state index is -4.56.